The Labute approximate surface area is 59.9 Å². The van der Waals surface area contributed by atoms with Crippen LogP contribution in [0.25, 0.3) is 0 Å². The number of nitrogens with one attached hydrogen (secondary N) is 1. The van der Waals surface area contributed by atoms with Crippen LogP contribution < -0.4 is 4.98 Å². The second-order valence-electron chi connectivity index (χ2n) is 3.16. The highest BCUT2D eigenvalue weighted by Crippen LogP contribution is 2.02. The fraction of sp³-hybridized carbons (Fsp3) is 1.00. The fourth-order valence-corrected chi connectivity index (χ4v) is 1.77. The van der Waals surface area contributed by atoms with Crippen molar-refractivity contribution in [1.82, 2.24) is 4.98 Å². The second kappa shape index (κ2) is 4.07. The first-order valence-corrected chi connectivity index (χ1v) is 7.08. The summed E-state index contributed by atoms with van der Waals surface area (Å²) in [5.74, 6) is 0. The van der Waals surface area contributed by atoms with E-state index < -0.39 is 8.24 Å². The highest BCUT2D eigenvalue weighted by Gasteiger charge is 2.15. The van der Waals surface area contributed by atoms with Crippen molar-refractivity contribution in [3.63, 3.8) is 0 Å². The minimum absolute atomic E-state index is 0.948. The van der Waals surface area contributed by atoms with E-state index in [0.717, 1.165) is 0 Å². The van der Waals surface area contributed by atoms with Crippen LogP contribution in [-0.4, -0.2) is 14.8 Å². The molecule has 0 amide bonds. The molecule has 0 heterocycles. The lowest BCUT2D eigenvalue weighted by molar-refractivity contribution is 0.833. The molecule has 0 aromatic heterocycles. The lowest BCUT2D eigenvalue weighted by Gasteiger charge is -2.20. The SMILES string of the molecule is CCCN[Si](C)(C)CC. The molecular formula is C7H19NSi. The Morgan fingerprint density at radius 1 is 1.22 bits per heavy atom. The lowest BCUT2D eigenvalue weighted by atomic mass is 10.5. The van der Waals surface area contributed by atoms with Crippen LogP contribution in [-0.2, 0) is 0 Å². The van der Waals surface area contributed by atoms with Crippen molar-refractivity contribution in [3.05, 3.63) is 0 Å². The molecule has 1 N–H and O–H groups in total. The maximum absolute atomic E-state index is 3.60. The van der Waals surface area contributed by atoms with Gasteiger partial charge in [0.05, 0.1) is 0 Å². The average Bonchev–Trinajstić information content (AvgIpc) is 1.84. The molecule has 0 unspecified atom stereocenters. The van der Waals surface area contributed by atoms with Gasteiger partial charge in [0.25, 0.3) is 0 Å². The van der Waals surface area contributed by atoms with E-state index in [9.17, 15) is 0 Å². The van der Waals surface area contributed by atoms with Gasteiger partial charge < -0.3 is 4.98 Å². The first-order valence-electron chi connectivity index (χ1n) is 3.87. The number of hydrogen-bond donors (Lipinski definition) is 1. The Morgan fingerprint density at radius 2 is 1.78 bits per heavy atom. The minimum atomic E-state index is -0.948. The first kappa shape index (κ1) is 9.18. The Morgan fingerprint density at radius 3 is 2.11 bits per heavy atom. The predicted molar refractivity (Wildman–Crippen MR) is 46.3 cm³/mol. The maximum atomic E-state index is 3.60. The third kappa shape index (κ3) is 4.67. The molecule has 0 aromatic rings. The van der Waals surface area contributed by atoms with E-state index in [1.165, 1.54) is 19.0 Å². The topological polar surface area (TPSA) is 12.0 Å². The van der Waals surface area contributed by atoms with E-state index in [0.29, 0.717) is 0 Å². The van der Waals surface area contributed by atoms with E-state index in [4.69, 9.17) is 0 Å². The monoisotopic (exact) mass is 145 g/mol. The highest BCUT2D eigenvalue weighted by molar-refractivity contribution is 6.74. The predicted octanol–water partition coefficient (Wildman–Crippen LogP) is 2.21. The van der Waals surface area contributed by atoms with Crippen LogP contribution in [0.5, 0.6) is 0 Å². The molecule has 0 atom stereocenters. The molecule has 1 nitrogen and oxygen atoms in total. The van der Waals surface area contributed by atoms with Gasteiger partial charge >= 0.3 is 0 Å². The molecule has 0 spiro atoms. The third-order valence-electron chi connectivity index (χ3n) is 1.74. The van der Waals surface area contributed by atoms with Crippen LogP contribution in [0.4, 0.5) is 0 Å². The van der Waals surface area contributed by atoms with Crippen molar-refractivity contribution in [2.45, 2.75) is 39.4 Å². The first-order chi connectivity index (χ1) is 4.12. The molecule has 0 radical (unpaired) electrons. The molecule has 56 valence electrons. The molecule has 0 saturated carbocycles. The van der Waals surface area contributed by atoms with Gasteiger partial charge in [-0.15, -0.1) is 0 Å². The van der Waals surface area contributed by atoms with E-state index in [-0.39, 0.29) is 0 Å². The van der Waals surface area contributed by atoms with Gasteiger partial charge in [-0.25, -0.2) is 0 Å². The summed E-state index contributed by atoms with van der Waals surface area (Å²) in [7, 11) is -0.948. The zero-order valence-corrected chi connectivity index (χ0v) is 8.12. The van der Waals surface area contributed by atoms with Crippen LogP contribution in [0.15, 0.2) is 0 Å². The molecule has 0 saturated heterocycles. The molecule has 0 bridgehead atoms. The summed E-state index contributed by atoms with van der Waals surface area (Å²) in [6.45, 7) is 10.4. The van der Waals surface area contributed by atoms with Gasteiger partial charge in [-0.2, -0.15) is 0 Å². The molecule has 2 heteroatoms. The molecule has 0 aliphatic rings. The van der Waals surface area contributed by atoms with E-state index in [1.807, 2.05) is 0 Å². The summed E-state index contributed by atoms with van der Waals surface area (Å²) in [6, 6.07) is 1.34. The summed E-state index contributed by atoms with van der Waals surface area (Å²) in [6.07, 6.45) is 1.26. The maximum Gasteiger partial charge on any atom is 0.119 e. The van der Waals surface area contributed by atoms with Crippen LogP contribution in [0.3, 0.4) is 0 Å². The zero-order valence-electron chi connectivity index (χ0n) is 7.12. The third-order valence-corrected chi connectivity index (χ3v) is 4.71. The molecule has 0 rings (SSSR count). The fourth-order valence-electron chi connectivity index (χ4n) is 0.588. The molecule has 0 aliphatic heterocycles. The van der Waals surface area contributed by atoms with Crippen LogP contribution in [0.2, 0.25) is 19.1 Å². The Hall–Kier alpha value is 0.177. The van der Waals surface area contributed by atoms with Crippen LogP contribution in [0.1, 0.15) is 20.3 Å². The summed E-state index contributed by atoms with van der Waals surface area (Å²) in [4.78, 5) is 3.60. The van der Waals surface area contributed by atoms with Gasteiger partial charge in [0.15, 0.2) is 0 Å². The van der Waals surface area contributed by atoms with Gasteiger partial charge in [-0.3, -0.25) is 0 Å². The van der Waals surface area contributed by atoms with Gasteiger partial charge in [0, 0.05) is 0 Å². The average molecular weight is 145 g/mol. The smallest absolute Gasteiger partial charge is 0.119 e. The van der Waals surface area contributed by atoms with Crippen LogP contribution in [0, 0.1) is 0 Å². The normalized spacial score (nSPS) is 12.0. The standard InChI is InChI=1S/C7H19NSi/c1-5-7-8-9(3,4)6-2/h8H,5-7H2,1-4H3. The Bertz CT molecular complexity index is 71.3. The van der Waals surface area contributed by atoms with E-state index >= 15 is 0 Å². The Kier molecular flexibility index (Phi) is 4.15. The molecule has 0 aliphatic carbocycles. The van der Waals surface area contributed by atoms with Crippen molar-refractivity contribution >= 4 is 8.24 Å². The van der Waals surface area contributed by atoms with Gasteiger partial charge in [0.2, 0.25) is 0 Å². The van der Waals surface area contributed by atoms with Crippen molar-refractivity contribution in [1.29, 1.82) is 0 Å². The van der Waals surface area contributed by atoms with Crippen molar-refractivity contribution in [3.8, 4) is 0 Å². The minimum Gasteiger partial charge on any atom is -0.337 e. The quantitative estimate of drug-likeness (QED) is 0.598. The van der Waals surface area contributed by atoms with Crippen LogP contribution >= 0.6 is 0 Å². The summed E-state index contributed by atoms with van der Waals surface area (Å²) in [5, 5.41) is 0. The number of hydrogen-bond acceptors (Lipinski definition) is 1. The second-order valence-corrected chi connectivity index (χ2v) is 7.99. The van der Waals surface area contributed by atoms with Gasteiger partial charge in [0.1, 0.15) is 8.24 Å². The lowest BCUT2D eigenvalue weighted by Crippen LogP contribution is -2.44. The highest BCUT2D eigenvalue weighted by atomic mass is 28.3. The van der Waals surface area contributed by atoms with Crippen molar-refractivity contribution < 1.29 is 0 Å². The van der Waals surface area contributed by atoms with E-state index in [2.05, 4.69) is 31.9 Å². The molecule has 0 fully saturated rings. The van der Waals surface area contributed by atoms with Crippen molar-refractivity contribution in [2.24, 2.45) is 0 Å². The molecular weight excluding hydrogens is 126 g/mol. The zero-order chi connectivity index (χ0) is 7.33. The summed E-state index contributed by atoms with van der Waals surface area (Å²) < 4.78 is 0. The van der Waals surface area contributed by atoms with Gasteiger partial charge in [-0.05, 0) is 19.0 Å². The molecule has 0 aromatic carbocycles. The van der Waals surface area contributed by atoms with Crippen molar-refractivity contribution in [2.75, 3.05) is 6.54 Å². The van der Waals surface area contributed by atoms with Gasteiger partial charge in [-0.1, -0.05) is 26.9 Å². The van der Waals surface area contributed by atoms with E-state index in [1.54, 1.807) is 0 Å². The largest absolute Gasteiger partial charge is 0.337 e. The number of rotatable bonds is 4. The summed E-state index contributed by atoms with van der Waals surface area (Å²) in [5.41, 5.74) is 0. The Balaban J connectivity index is 3.33. The summed E-state index contributed by atoms with van der Waals surface area (Å²) >= 11 is 0. The molecule has 9 heavy (non-hydrogen) atoms.